The molecule has 1 atom stereocenters. The van der Waals surface area contributed by atoms with Gasteiger partial charge in [0.2, 0.25) is 0 Å². The van der Waals surface area contributed by atoms with E-state index in [9.17, 15) is 4.79 Å². The van der Waals surface area contributed by atoms with Crippen molar-refractivity contribution in [3.05, 3.63) is 58.2 Å². The average Bonchev–Trinajstić information content (AvgIpc) is 2.79. The molecule has 0 saturated carbocycles. The van der Waals surface area contributed by atoms with E-state index in [1.54, 1.807) is 12.3 Å². The van der Waals surface area contributed by atoms with Crippen LogP contribution in [-0.4, -0.2) is 46.9 Å². The summed E-state index contributed by atoms with van der Waals surface area (Å²) in [7, 11) is 0. The van der Waals surface area contributed by atoms with E-state index in [-0.39, 0.29) is 5.91 Å². The van der Waals surface area contributed by atoms with Gasteiger partial charge < -0.3 is 10.2 Å². The van der Waals surface area contributed by atoms with E-state index < -0.39 is 0 Å². The van der Waals surface area contributed by atoms with Gasteiger partial charge in [0.25, 0.3) is 5.91 Å². The first kappa shape index (κ1) is 22.1. The molecule has 0 aliphatic carbocycles. The van der Waals surface area contributed by atoms with Gasteiger partial charge in [-0.2, -0.15) is 0 Å². The molecule has 31 heavy (non-hydrogen) atoms. The lowest BCUT2D eigenvalue weighted by Gasteiger charge is -2.31. The molecule has 2 aliphatic rings. The Morgan fingerprint density at radius 3 is 2.65 bits per heavy atom. The Hall–Kier alpha value is -2.11. The van der Waals surface area contributed by atoms with Crippen molar-refractivity contribution in [2.24, 2.45) is 5.92 Å². The van der Waals surface area contributed by atoms with Crippen LogP contribution in [0.4, 0.5) is 5.82 Å². The van der Waals surface area contributed by atoms with Crippen molar-refractivity contribution in [1.29, 1.82) is 0 Å². The zero-order chi connectivity index (χ0) is 21.6. The minimum atomic E-state index is 0.0294. The summed E-state index contributed by atoms with van der Waals surface area (Å²) in [6.45, 7) is 7.96. The average molecular weight is 441 g/mol. The first-order valence-corrected chi connectivity index (χ1v) is 12.0. The standard InChI is InChI=1S/C25H33ClN4O/c1-19-8-7-11-29(17-19)18-21-10-4-3-9-20(21)15-27-24-23(26)14-22(16-28-24)25(31)30-12-5-2-6-13-30/h3-4,9-10,14,16,19H,2,5-8,11-13,15,17-18H2,1H3,(H,27,28). The third kappa shape index (κ3) is 5.78. The normalized spacial score (nSPS) is 19.9. The number of carbonyl (C=O) groups is 1. The van der Waals surface area contributed by atoms with Crippen LogP contribution in [0.5, 0.6) is 0 Å². The molecular weight excluding hydrogens is 408 g/mol. The molecular formula is C25H33ClN4O. The quantitative estimate of drug-likeness (QED) is 0.670. The number of nitrogens with zero attached hydrogens (tertiary/aromatic N) is 3. The van der Waals surface area contributed by atoms with E-state index >= 15 is 0 Å². The molecule has 2 aromatic rings. The summed E-state index contributed by atoms with van der Waals surface area (Å²) in [6.07, 6.45) is 7.60. The fourth-order valence-corrected chi connectivity index (χ4v) is 4.93. The van der Waals surface area contributed by atoms with Gasteiger partial charge in [-0.05, 0) is 61.8 Å². The first-order chi connectivity index (χ1) is 15.1. The molecule has 2 aliphatic heterocycles. The Morgan fingerprint density at radius 1 is 1.13 bits per heavy atom. The van der Waals surface area contributed by atoms with Crippen molar-refractivity contribution >= 4 is 23.3 Å². The van der Waals surface area contributed by atoms with Gasteiger partial charge in [-0.15, -0.1) is 0 Å². The summed E-state index contributed by atoms with van der Waals surface area (Å²) < 4.78 is 0. The van der Waals surface area contributed by atoms with E-state index in [2.05, 4.69) is 46.4 Å². The molecule has 0 spiro atoms. The number of benzene rings is 1. The second kappa shape index (κ2) is 10.5. The molecule has 0 bridgehead atoms. The summed E-state index contributed by atoms with van der Waals surface area (Å²) in [5.74, 6) is 1.42. The van der Waals surface area contributed by atoms with Crippen LogP contribution in [-0.2, 0) is 13.1 Å². The largest absolute Gasteiger partial charge is 0.365 e. The summed E-state index contributed by atoms with van der Waals surface area (Å²) in [4.78, 5) is 21.6. The number of nitrogens with one attached hydrogen (secondary N) is 1. The van der Waals surface area contributed by atoms with Crippen molar-refractivity contribution in [2.45, 2.75) is 52.1 Å². The van der Waals surface area contributed by atoms with Gasteiger partial charge in [0.1, 0.15) is 5.82 Å². The highest BCUT2D eigenvalue weighted by Crippen LogP contribution is 2.24. The highest BCUT2D eigenvalue weighted by atomic mass is 35.5. The monoisotopic (exact) mass is 440 g/mol. The number of carbonyl (C=O) groups excluding carboxylic acids is 1. The Kier molecular flexibility index (Phi) is 7.46. The van der Waals surface area contributed by atoms with Crippen LogP contribution in [0.25, 0.3) is 0 Å². The zero-order valence-electron chi connectivity index (χ0n) is 18.4. The van der Waals surface area contributed by atoms with Crippen LogP contribution in [0.1, 0.15) is 60.5 Å². The lowest BCUT2D eigenvalue weighted by molar-refractivity contribution is 0.0724. The van der Waals surface area contributed by atoms with Crippen molar-refractivity contribution in [3.8, 4) is 0 Å². The fourth-order valence-electron chi connectivity index (χ4n) is 4.70. The van der Waals surface area contributed by atoms with E-state index in [1.807, 2.05) is 4.90 Å². The molecule has 1 amide bonds. The molecule has 2 saturated heterocycles. The number of amides is 1. The van der Waals surface area contributed by atoms with Gasteiger partial charge in [-0.1, -0.05) is 42.8 Å². The van der Waals surface area contributed by atoms with Crippen LogP contribution >= 0.6 is 11.6 Å². The zero-order valence-corrected chi connectivity index (χ0v) is 19.2. The number of hydrogen-bond donors (Lipinski definition) is 1. The number of anilines is 1. The van der Waals surface area contributed by atoms with Gasteiger partial charge in [-0.3, -0.25) is 9.69 Å². The smallest absolute Gasteiger partial charge is 0.255 e. The van der Waals surface area contributed by atoms with Crippen LogP contribution < -0.4 is 5.32 Å². The molecule has 4 rings (SSSR count). The minimum absolute atomic E-state index is 0.0294. The summed E-state index contributed by atoms with van der Waals surface area (Å²) in [5.41, 5.74) is 3.17. The molecule has 6 heteroatoms. The highest BCUT2D eigenvalue weighted by molar-refractivity contribution is 6.33. The summed E-state index contributed by atoms with van der Waals surface area (Å²) in [6, 6.07) is 10.3. The summed E-state index contributed by atoms with van der Waals surface area (Å²) in [5, 5.41) is 3.87. The van der Waals surface area contributed by atoms with Crippen LogP contribution in [0.2, 0.25) is 5.02 Å². The molecule has 1 unspecified atom stereocenters. The Labute approximate surface area is 190 Å². The lowest BCUT2D eigenvalue weighted by atomic mass is 9.99. The number of likely N-dealkylation sites (tertiary alicyclic amines) is 2. The third-order valence-corrected chi connectivity index (χ3v) is 6.72. The van der Waals surface area contributed by atoms with Crippen LogP contribution in [0.3, 0.4) is 0 Å². The maximum absolute atomic E-state index is 12.7. The van der Waals surface area contributed by atoms with E-state index in [0.29, 0.717) is 22.9 Å². The molecule has 1 aromatic heterocycles. The second-order valence-electron chi connectivity index (χ2n) is 9.01. The molecule has 0 radical (unpaired) electrons. The third-order valence-electron chi connectivity index (χ3n) is 6.43. The van der Waals surface area contributed by atoms with E-state index in [1.165, 1.54) is 43.5 Å². The SMILES string of the molecule is CC1CCCN(Cc2ccccc2CNc2ncc(C(=O)N3CCCCC3)cc2Cl)C1. The molecule has 1 N–H and O–H groups in total. The van der Waals surface area contributed by atoms with Crippen molar-refractivity contribution in [3.63, 3.8) is 0 Å². The van der Waals surface area contributed by atoms with Gasteiger partial charge in [-0.25, -0.2) is 4.98 Å². The number of halogens is 1. The maximum atomic E-state index is 12.7. The number of hydrogen-bond acceptors (Lipinski definition) is 4. The number of rotatable bonds is 6. The fraction of sp³-hybridized carbons (Fsp3) is 0.520. The highest BCUT2D eigenvalue weighted by Gasteiger charge is 2.20. The Bertz CT molecular complexity index is 897. The first-order valence-electron chi connectivity index (χ1n) is 11.6. The van der Waals surface area contributed by atoms with Gasteiger partial charge in [0, 0.05) is 38.9 Å². The number of piperidine rings is 2. The van der Waals surface area contributed by atoms with Crippen molar-refractivity contribution in [2.75, 3.05) is 31.5 Å². The number of aromatic nitrogens is 1. The number of pyridine rings is 1. The molecule has 166 valence electrons. The Morgan fingerprint density at radius 2 is 1.90 bits per heavy atom. The lowest BCUT2D eigenvalue weighted by Crippen LogP contribution is -2.35. The molecule has 1 aromatic carbocycles. The predicted molar refractivity (Wildman–Crippen MR) is 126 cm³/mol. The minimum Gasteiger partial charge on any atom is -0.365 e. The topological polar surface area (TPSA) is 48.5 Å². The van der Waals surface area contributed by atoms with Gasteiger partial charge in [0.15, 0.2) is 0 Å². The van der Waals surface area contributed by atoms with Crippen LogP contribution in [0, 0.1) is 5.92 Å². The van der Waals surface area contributed by atoms with Crippen molar-refractivity contribution in [1.82, 2.24) is 14.8 Å². The van der Waals surface area contributed by atoms with Gasteiger partial charge in [0.05, 0.1) is 10.6 Å². The molecule has 3 heterocycles. The van der Waals surface area contributed by atoms with Crippen molar-refractivity contribution < 1.29 is 4.79 Å². The Balaban J connectivity index is 1.39. The van der Waals surface area contributed by atoms with E-state index in [4.69, 9.17) is 11.6 Å². The summed E-state index contributed by atoms with van der Waals surface area (Å²) >= 11 is 6.49. The molecule has 2 fully saturated rings. The van der Waals surface area contributed by atoms with Gasteiger partial charge >= 0.3 is 0 Å². The predicted octanol–water partition coefficient (Wildman–Crippen LogP) is 5.21. The second-order valence-corrected chi connectivity index (χ2v) is 9.42. The van der Waals surface area contributed by atoms with Crippen LogP contribution in [0.15, 0.2) is 36.5 Å². The molecule has 5 nitrogen and oxygen atoms in total. The maximum Gasteiger partial charge on any atom is 0.255 e. The van der Waals surface area contributed by atoms with E-state index in [0.717, 1.165) is 38.4 Å².